The topological polar surface area (TPSA) is 209 Å². The molecule has 17 nitrogen and oxygen atoms in total. The normalized spacial score (nSPS) is 18.7. The van der Waals surface area contributed by atoms with Gasteiger partial charge in [-0.2, -0.15) is 0 Å². The summed E-state index contributed by atoms with van der Waals surface area (Å²) in [5, 5.41) is 11.3. The molecule has 7 rings (SSSR count). The highest BCUT2D eigenvalue weighted by atomic mass is 16.5. The number of carbonyl (C=O) groups excluding carboxylic acids is 7. The summed E-state index contributed by atoms with van der Waals surface area (Å²) < 4.78 is 11.3. The van der Waals surface area contributed by atoms with Crippen molar-refractivity contribution in [3.05, 3.63) is 65.2 Å². The van der Waals surface area contributed by atoms with E-state index in [1.54, 1.807) is 37.3 Å². The molecule has 2 aromatic carbocycles. The van der Waals surface area contributed by atoms with Gasteiger partial charge in [0.15, 0.2) is 12.4 Å². The van der Waals surface area contributed by atoms with Crippen LogP contribution in [0.25, 0.3) is 0 Å². The first-order valence-corrected chi connectivity index (χ1v) is 21.5. The second kappa shape index (κ2) is 19.5. The zero-order valence-corrected chi connectivity index (χ0v) is 35.4. The number of ether oxygens (including phenoxy) is 2. The van der Waals surface area contributed by atoms with Crippen LogP contribution in [0.4, 0.5) is 23.0 Å². The fraction of sp³-hybridized carbons (Fsp3) is 0.467. The first-order valence-electron chi connectivity index (χ1n) is 21.5. The molecule has 3 aromatic rings. The van der Waals surface area contributed by atoms with Gasteiger partial charge in [0.2, 0.25) is 17.7 Å². The number of nitrogens with zero attached hydrogens (tertiary/aromatic N) is 4. The lowest BCUT2D eigenvalue weighted by molar-refractivity contribution is -0.136. The second-order valence-corrected chi connectivity index (χ2v) is 16.1. The Morgan fingerprint density at radius 1 is 0.855 bits per heavy atom. The molecule has 0 radical (unpaired) electrons. The van der Waals surface area contributed by atoms with E-state index in [4.69, 9.17) is 14.5 Å². The number of piperidine rings is 1. The predicted octanol–water partition coefficient (Wildman–Crippen LogP) is 4.61. The van der Waals surface area contributed by atoms with Crippen molar-refractivity contribution in [2.24, 2.45) is 0 Å². The molecular weight excluding hydrogens is 797 g/mol. The molecule has 4 N–H and O–H groups in total. The van der Waals surface area contributed by atoms with Gasteiger partial charge in [-0.1, -0.05) is 44.6 Å². The number of likely N-dealkylation sites (N-methyl/N-ethyl adjacent to an activating group) is 1. The first-order chi connectivity index (χ1) is 30.0. The van der Waals surface area contributed by atoms with E-state index in [0.29, 0.717) is 35.9 Å². The van der Waals surface area contributed by atoms with Crippen molar-refractivity contribution in [3.8, 4) is 11.5 Å². The van der Waals surface area contributed by atoms with Gasteiger partial charge in [-0.05, 0) is 81.5 Å². The van der Waals surface area contributed by atoms with E-state index in [2.05, 4.69) is 26.2 Å². The van der Waals surface area contributed by atoms with Crippen LogP contribution in [-0.2, 0) is 19.2 Å². The highest BCUT2D eigenvalue weighted by molar-refractivity contribution is 6.24. The van der Waals surface area contributed by atoms with Gasteiger partial charge < -0.3 is 35.2 Å². The Balaban J connectivity index is 0.785. The van der Waals surface area contributed by atoms with Crippen molar-refractivity contribution in [2.75, 3.05) is 49.0 Å². The highest BCUT2D eigenvalue weighted by Crippen LogP contribution is 2.40. The molecule has 2 atom stereocenters. The lowest BCUT2D eigenvalue weighted by Gasteiger charge is -2.42. The number of rotatable bonds is 18. The average Bonchev–Trinajstić information content (AvgIpc) is 3.89. The van der Waals surface area contributed by atoms with E-state index in [9.17, 15) is 33.6 Å². The fourth-order valence-corrected chi connectivity index (χ4v) is 8.70. The molecule has 0 bridgehead atoms. The first kappa shape index (κ1) is 43.6. The molecule has 1 aliphatic carbocycles. The van der Waals surface area contributed by atoms with Crippen molar-refractivity contribution in [2.45, 2.75) is 102 Å². The predicted molar refractivity (Wildman–Crippen MR) is 230 cm³/mol. The summed E-state index contributed by atoms with van der Waals surface area (Å²) >= 11 is 0. The van der Waals surface area contributed by atoms with Gasteiger partial charge >= 0.3 is 0 Å². The number of methoxy groups -OCH3 is 1. The van der Waals surface area contributed by atoms with Crippen LogP contribution in [0.5, 0.6) is 11.5 Å². The quantitative estimate of drug-likeness (QED) is 0.102. The van der Waals surface area contributed by atoms with Gasteiger partial charge in [0, 0.05) is 38.2 Å². The molecule has 7 amide bonds. The molecule has 1 unspecified atom stereocenters. The monoisotopic (exact) mass is 850 g/mol. The van der Waals surface area contributed by atoms with Gasteiger partial charge in [0.25, 0.3) is 23.6 Å². The smallest absolute Gasteiger partial charge is 0.266 e. The minimum atomic E-state index is -1.09. The molecule has 4 aliphatic rings. The maximum absolute atomic E-state index is 13.2. The maximum Gasteiger partial charge on any atom is 0.266 e. The molecule has 3 aliphatic heterocycles. The van der Waals surface area contributed by atoms with E-state index >= 15 is 0 Å². The summed E-state index contributed by atoms with van der Waals surface area (Å²) in [5.41, 5.74) is 2.00. The third-order valence-corrected chi connectivity index (χ3v) is 12.0. The maximum atomic E-state index is 13.2. The number of nitrogens with one attached hydrogen (secondary N) is 4. The summed E-state index contributed by atoms with van der Waals surface area (Å²) in [4.78, 5) is 98.5. The molecule has 62 heavy (non-hydrogen) atoms. The van der Waals surface area contributed by atoms with Crippen molar-refractivity contribution in [3.63, 3.8) is 0 Å². The number of fused-ring (bicyclic) bond motifs is 2. The Bertz CT molecular complexity index is 2240. The van der Waals surface area contributed by atoms with Gasteiger partial charge in [-0.15, -0.1) is 0 Å². The summed E-state index contributed by atoms with van der Waals surface area (Å²) in [7, 11) is 3.35. The van der Waals surface area contributed by atoms with Crippen molar-refractivity contribution in [1.82, 2.24) is 25.8 Å². The molecule has 4 heterocycles. The van der Waals surface area contributed by atoms with Gasteiger partial charge in [0.05, 0.1) is 29.6 Å². The average molecular weight is 851 g/mol. The van der Waals surface area contributed by atoms with E-state index in [-0.39, 0.29) is 66.1 Å². The Hall–Kier alpha value is -6.52. The number of hydrogen-bond donors (Lipinski definition) is 4. The van der Waals surface area contributed by atoms with E-state index in [0.717, 1.165) is 80.6 Å². The van der Waals surface area contributed by atoms with Crippen LogP contribution in [0, 0.1) is 0 Å². The van der Waals surface area contributed by atoms with Crippen molar-refractivity contribution < 1.29 is 43.0 Å². The van der Waals surface area contributed by atoms with E-state index < -0.39 is 29.7 Å². The number of anilines is 4. The van der Waals surface area contributed by atoms with Crippen molar-refractivity contribution in [1.29, 1.82) is 0 Å². The Labute approximate surface area is 360 Å². The molecule has 1 saturated heterocycles. The molecule has 1 saturated carbocycles. The fourth-order valence-electron chi connectivity index (χ4n) is 8.70. The minimum absolute atomic E-state index is 0.00716. The SMILES string of the molecule is COc1cc(C(=O)NCCCCCCCCNC(=O)COc2cccc3c2C(=O)N(C2CCC(=O)NC2=O)C3=O)ccc1Nc1ccc2c(n1)N(C1CCCC1)[C@H](C)C(=O)N2C. The van der Waals surface area contributed by atoms with Crippen LogP contribution in [0.1, 0.15) is 115 Å². The standard InChI is InChI=1S/C45H54N8O9/c1-27-43(58)51(2)32-19-21-36(49-40(32)52(27)29-13-8-9-14-29)48-31-18-17-28(25-35(31)61-3)41(56)47-24-11-7-5-4-6-10-23-46-38(55)26-62-34-16-12-15-30-39(34)45(60)53(44(30)59)33-20-22-37(54)50-42(33)57/h12,15-19,21,25,27,29,33H,4-11,13-14,20,22-24,26H2,1-3H3,(H,46,55)(H,47,56)(H,48,49)(H,50,54,57)/t27-,33?/m1/s1. The largest absolute Gasteiger partial charge is 0.495 e. The van der Waals surface area contributed by atoms with E-state index in [1.807, 2.05) is 19.1 Å². The zero-order valence-electron chi connectivity index (χ0n) is 35.4. The van der Waals surface area contributed by atoms with Gasteiger partial charge in [-0.3, -0.25) is 43.8 Å². The second-order valence-electron chi connectivity index (χ2n) is 16.1. The summed E-state index contributed by atoms with van der Waals surface area (Å²) in [5.74, 6) is -1.04. The third-order valence-electron chi connectivity index (χ3n) is 12.0. The number of benzene rings is 2. The molecule has 328 valence electrons. The Morgan fingerprint density at radius 3 is 2.31 bits per heavy atom. The number of amides is 7. The van der Waals surface area contributed by atoms with Crippen LogP contribution in [-0.4, -0.2) is 103 Å². The lowest BCUT2D eigenvalue weighted by Crippen LogP contribution is -2.54. The third kappa shape index (κ3) is 9.35. The molecule has 1 aromatic heterocycles. The molecular formula is C45H54N8O9. The number of pyridine rings is 1. The van der Waals surface area contributed by atoms with Crippen LogP contribution < -0.4 is 40.5 Å². The van der Waals surface area contributed by atoms with Gasteiger partial charge in [-0.25, -0.2) is 4.98 Å². The molecule has 17 heteroatoms. The minimum Gasteiger partial charge on any atom is -0.495 e. The number of hydrogen-bond acceptors (Lipinski definition) is 12. The Kier molecular flexibility index (Phi) is 13.7. The van der Waals surface area contributed by atoms with Crippen LogP contribution in [0.2, 0.25) is 0 Å². The summed E-state index contributed by atoms with van der Waals surface area (Å²) in [6.45, 7) is 2.57. The molecule has 2 fully saturated rings. The lowest BCUT2D eigenvalue weighted by atomic mass is 10.0. The highest BCUT2D eigenvalue weighted by Gasteiger charge is 2.46. The molecule has 0 spiro atoms. The van der Waals surface area contributed by atoms with Gasteiger partial charge in [0.1, 0.15) is 29.4 Å². The number of carbonyl (C=O) groups is 7. The summed E-state index contributed by atoms with van der Waals surface area (Å²) in [6.07, 6.45) is 9.79. The van der Waals surface area contributed by atoms with E-state index in [1.165, 1.54) is 18.2 Å². The Morgan fingerprint density at radius 2 is 1.58 bits per heavy atom. The van der Waals surface area contributed by atoms with Crippen LogP contribution in [0.3, 0.4) is 0 Å². The number of unbranched alkanes of at least 4 members (excludes halogenated alkanes) is 5. The van der Waals surface area contributed by atoms with Crippen LogP contribution >= 0.6 is 0 Å². The van der Waals surface area contributed by atoms with Crippen LogP contribution in [0.15, 0.2) is 48.5 Å². The number of aromatic nitrogens is 1. The zero-order chi connectivity index (χ0) is 43.9. The number of imide groups is 2. The van der Waals surface area contributed by atoms with Crippen molar-refractivity contribution >= 4 is 64.4 Å². The summed E-state index contributed by atoms with van der Waals surface area (Å²) in [6, 6.07) is 12.4.